The van der Waals surface area contributed by atoms with E-state index >= 15 is 0 Å². The molecule has 3 amide bonds. The normalized spacial score (nSPS) is 20.8. The topological polar surface area (TPSA) is 74.8 Å². The van der Waals surface area contributed by atoms with Crippen molar-refractivity contribution < 1.29 is 19.2 Å². The Kier molecular flexibility index (Phi) is 6.17. The maximum Gasteiger partial charge on any atom is 0.275 e. The number of hydrazine groups is 1. The minimum absolute atomic E-state index is 0.0392. The van der Waals surface area contributed by atoms with Gasteiger partial charge in [-0.3, -0.25) is 19.2 Å². The first-order chi connectivity index (χ1) is 15.3. The number of nitrogens with zero attached hydrogens (tertiary/aromatic N) is 2. The van der Waals surface area contributed by atoms with E-state index in [-0.39, 0.29) is 10.6 Å². The van der Waals surface area contributed by atoms with E-state index in [2.05, 4.69) is 0 Å². The Morgan fingerprint density at radius 1 is 0.969 bits per heavy atom. The highest BCUT2D eigenvalue weighted by Crippen LogP contribution is 2.37. The largest absolute Gasteiger partial charge is 0.292 e. The number of carbonyl (C=O) groups excluding carboxylic acids is 4. The molecule has 1 heterocycles. The van der Waals surface area contributed by atoms with Gasteiger partial charge in [0.05, 0.1) is 22.4 Å². The lowest BCUT2D eigenvalue weighted by molar-refractivity contribution is -0.156. The maximum absolute atomic E-state index is 13.6. The number of halogens is 2. The molecule has 3 atom stereocenters. The zero-order chi connectivity index (χ0) is 23.0. The predicted octanol–water partition coefficient (Wildman–Crippen LogP) is 4.57. The highest BCUT2D eigenvalue weighted by atomic mass is 35.5. The lowest BCUT2D eigenvalue weighted by Gasteiger charge is -2.35. The van der Waals surface area contributed by atoms with Gasteiger partial charge < -0.3 is 0 Å². The fourth-order valence-corrected chi connectivity index (χ4v) is 4.67. The lowest BCUT2D eigenvalue weighted by Crippen LogP contribution is -2.56. The summed E-state index contributed by atoms with van der Waals surface area (Å²) >= 11 is 12.2. The van der Waals surface area contributed by atoms with Crippen molar-refractivity contribution in [2.24, 2.45) is 11.8 Å². The average Bonchev–Trinajstić information content (AvgIpc) is 3.04. The molecule has 1 aliphatic heterocycles. The van der Waals surface area contributed by atoms with Crippen LogP contribution in [0.5, 0.6) is 0 Å². The number of amides is 3. The van der Waals surface area contributed by atoms with Gasteiger partial charge in [-0.2, -0.15) is 5.01 Å². The molecule has 2 aliphatic rings. The summed E-state index contributed by atoms with van der Waals surface area (Å²) in [6, 6.07) is 11.6. The average molecular weight is 471 g/mol. The van der Waals surface area contributed by atoms with Crippen LogP contribution < -0.4 is 0 Å². The van der Waals surface area contributed by atoms with E-state index in [4.69, 9.17) is 23.2 Å². The van der Waals surface area contributed by atoms with Crippen molar-refractivity contribution in [2.75, 3.05) is 0 Å². The Morgan fingerprint density at radius 2 is 1.56 bits per heavy atom. The highest BCUT2D eigenvalue weighted by Gasteiger charge is 2.52. The SMILES string of the molecule is C[C@H](C(=O)c1ccccc1)N(C(=O)c1ccc(Cl)cc1Cl)N1C(=O)[C@H]2CC=CC[C@H]2C1=O. The van der Waals surface area contributed by atoms with E-state index in [9.17, 15) is 19.2 Å². The van der Waals surface area contributed by atoms with Crippen LogP contribution in [0, 0.1) is 11.8 Å². The first-order valence-electron chi connectivity index (χ1n) is 10.2. The summed E-state index contributed by atoms with van der Waals surface area (Å²) in [5.74, 6) is -3.22. The van der Waals surface area contributed by atoms with Gasteiger partial charge in [-0.1, -0.05) is 65.7 Å². The predicted molar refractivity (Wildman–Crippen MR) is 120 cm³/mol. The van der Waals surface area contributed by atoms with Crippen molar-refractivity contribution in [3.05, 3.63) is 81.9 Å². The van der Waals surface area contributed by atoms with E-state index in [1.165, 1.54) is 25.1 Å². The number of allylic oxidation sites excluding steroid dienone is 2. The summed E-state index contributed by atoms with van der Waals surface area (Å²) in [5.41, 5.74) is 0.399. The minimum Gasteiger partial charge on any atom is -0.292 e. The fraction of sp³-hybridized carbons (Fsp3) is 0.250. The van der Waals surface area contributed by atoms with E-state index in [0.717, 1.165) is 10.0 Å². The van der Waals surface area contributed by atoms with E-state index in [0.29, 0.717) is 23.4 Å². The first-order valence-corrected chi connectivity index (χ1v) is 11.0. The monoisotopic (exact) mass is 470 g/mol. The molecule has 164 valence electrons. The fourth-order valence-electron chi connectivity index (χ4n) is 4.18. The Labute approximate surface area is 195 Å². The molecule has 6 nitrogen and oxygen atoms in total. The van der Waals surface area contributed by atoms with Crippen molar-refractivity contribution in [3.63, 3.8) is 0 Å². The molecule has 0 saturated carbocycles. The number of Topliss-reactive ketones (excluding diaryl/α,β-unsaturated/α-hetero) is 1. The summed E-state index contributed by atoms with van der Waals surface area (Å²) in [6.45, 7) is 1.50. The number of fused-ring (bicyclic) bond motifs is 1. The molecule has 0 radical (unpaired) electrons. The molecular formula is C24H20Cl2N2O4. The van der Waals surface area contributed by atoms with Crippen molar-refractivity contribution in [2.45, 2.75) is 25.8 Å². The van der Waals surface area contributed by atoms with Crippen LogP contribution in [0.4, 0.5) is 0 Å². The molecule has 0 spiro atoms. The number of hydrogen-bond donors (Lipinski definition) is 0. The van der Waals surface area contributed by atoms with Crippen LogP contribution in [0.25, 0.3) is 0 Å². The van der Waals surface area contributed by atoms with Gasteiger partial charge in [0.25, 0.3) is 17.7 Å². The number of rotatable bonds is 5. The molecule has 0 N–H and O–H groups in total. The standard InChI is InChI=1S/C24H20Cl2N2O4/c1-14(21(29)15-7-3-2-4-8-15)27(24(32)19-12-11-16(25)13-20(19)26)28-22(30)17-9-5-6-10-18(17)23(28)31/h2-8,11-14,17-18H,9-10H2,1H3/t14-,17-,18+/m1/s1. The van der Waals surface area contributed by atoms with E-state index < -0.39 is 41.4 Å². The second-order valence-corrected chi connectivity index (χ2v) is 8.67. The van der Waals surface area contributed by atoms with Gasteiger partial charge >= 0.3 is 0 Å². The number of imide groups is 1. The molecule has 8 heteroatoms. The van der Waals surface area contributed by atoms with Gasteiger partial charge in [0.1, 0.15) is 6.04 Å². The minimum atomic E-state index is -1.13. The Bertz CT molecular complexity index is 1110. The van der Waals surface area contributed by atoms with Crippen LogP contribution in [0.1, 0.15) is 40.5 Å². The van der Waals surface area contributed by atoms with Crippen LogP contribution in [0.15, 0.2) is 60.7 Å². The molecule has 1 fully saturated rings. The summed E-state index contributed by atoms with van der Waals surface area (Å²) in [6.07, 6.45) is 4.54. The number of carbonyl (C=O) groups is 4. The smallest absolute Gasteiger partial charge is 0.275 e. The van der Waals surface area contributed by atoms with Crippen molar-refractivity contribution in [1.82, 2.24) is 10.0 Å². The van der Waals surface area contributed by atoms with E-state index in [1.807, 2.05) is 12.2 Å². The zero-order valence-electron chi connectivity index (χ0n) is 17.2. The summed E-state index contributed by atoms with van der Waals surface area (Å²) in [7, 11) is 0. The van der Waals surface area contributed by atoms with Crippen molar-refractivity contribution >= 4 is 46.7 Å². The van der Waals surface area contributed by atoms with Gasteiger partial charge in [0, 0.05) is 10.6 Å². The molecule has 1 aliphatic carbocycles. The molecule has 0 aromatic heterocycles. The van der Waals surface area contributed by atoms with Gasteiger partial charge in [-0.05, 0) is 38.0 Å². The Morgan fingerprint density at radius 3 is 2.12 bits per heavy atom. The first kappa shape index (κ1) is 22.2. The highest BCUT2D eigenvalue weighted by molar-refractivity contribution is 6.36. The van der Waals surface area contributed by atoms with Crippen LogP contribution in [0.3, 0.4) is 0 Å². The Hall–Kier alpha value is -2.96. The van der Waals surface area contributed by atoms with Crippen LogP contribution in [-0.4, -0.2) is 39.6 Å². The number of hydrogen-bond acceptors (Lipinski definition) is 4. The number of ketones is 1. The van der Waals surface area contributed by atoms with Gasteiger partial charge in [0.2, 0.25) is 0 Å². The van der Waals surface area contributed by atoms with E-state index in [1.54, 1.807) is 30.3 Å². The third kappa shape index (κ3) is 3.85. The molecule has 0 unspecified atom stereocenters. The summed E-state index contributed by atoms with van der Waals surface area (Å²) in [5, 5.41) is 2.19. The second kappa shape index (κ2) is 8.88. The molecule has 0 bridgehead atoms. The second-order valence-electron chi connectivity index (χ2n) is 7.82. The zero-order valence-corrected chi connectivity index (χ0v) is 18.7. The quantitative estimate of drug-likeness (QED) is 0.364. The molecule has 1 saturated heterocycles. The van der Waals surface area contributed by atoms with Crippen molar-refractivity contribution in [3.8, 4) is 0 Å². The van der Waals surface area contributed by atoms with Crippen LogP contribution in [0.2, 0.25) is 10.0 Å². The van der Waals surface area contributed by atoms with Crippen LogP contribution in [-0.2, 0) is 9.59 Å². The Balaban J connectivity index is 1.78. The molecule has 2 aromatic carbocycles. The van der Waals surface area contributed by atoms with Gasteiger partial charge in [0.15, 0.2) is 5.78 Å². The summed E-state index contributed by atoms with van der Waals surface area (Å²) in [4.78, 5) is 53.3. The molecule has 4 rings (SSSR count). The third-order valence-corrected chi connectivity index (χ3v) is 6.42. The number of benzene rings is 2. The molecule has 32 heavy (non-hydrogen) atoms. The lowest BCUT2D eigenvalue weighted by atomic mass is 9.85. The van der Waals surface area contributed by atoms with Crippen LogP contribution >= 0.6 is 23.2 Å². The van der Waals surface area contributed by atoms with Gasteiger partial charge in [-0.25, -0.2) is 5.01 Å². The molecule has 2 aromatic rings. The van der Waals surface area contributed by atoms with Crippen molar-refractivity contribution in [1.29, 1.82) is 0 Å². The van der Waals surface area contributed by atoms with Gasteiger partial charge in [-0.15, -0.1) is 0 Å². The summed E-state index contributed by atoms with van der Waals surface area (Å²) < 4.78 is 0. The molecular weight excluding hydrogens is 451 g/mol. The third-order valence-electron chi connectivity index (χ3n) is 5.87. The maximum atomic E-state index is 13.6.